The minimum absolute atomic E-state index is 0.0321. The van der Waals surface area contributed by atoms with Crippen LogP contribution in [0.15, 0.2) is 125 Å². The lowest BCUT2D eigenvalue weighted by atomic mass is 9.96. The van der Waals surface area contributed by atoms with Crippen molar-refractivity contribution in [3.8, 4) is 22.4 Å². The first-order valence-electron chi connectivity index (χ1n) is 25.7. The van der Waals surface area contributed by atoms with Gasteiger partial charge in [-0.1, -0.05) is 48.0 Å². The maximum absolute atomic E-state index is 15.8. The molecule has 3 aliphatic rings. The van der Waals surface area contributed by atoms with Gasteiger partial charge in [0.2, 0.25) is 0 Å². The number of halogens is 2. The van der Waals surface area contributed by atoms with Crippen molar-refractivity contribution in [2.45, 2.75) is 68.4 Å². The largest absolute Gasteiger partial charge is 0.469 e. The summed E-state index contributed by atoms with van der Waals surface area (Å²) in [6.45, 7) is 10.5. The molecule has 9 rings (SSSR count). The lowest BCUT2D eigenvalue weighted by molar-refractivity contribution is -0.385. The molecule has 4 heterocycles. The molecule has 0 spiro atoms. The number of phosphoric ester groups is 1. The van der Waals surface area contributed by atoms with Gasteiger partial charge >= 0.3 is 15.3 Å². The number of piperazine rings is 1. The predicted molar refractivity (Wildman–Crippen MR) is 305 cm³/mol. The SMILES string of the molecule is Cc1c(S(C)(=O)=O)c(-c2cc(F)cc(N3CCN(c4ccc(N5CCO[P@]5(=O)c5ccc(C[C@H](CCN6CCC(OP(=O)(O)O)CC6)CSc6ccccc6)c([N+](=O)[O-])c5)cc4)CC3)c2)c(-c2ccc(Cl)cc2)n1C(C)C. The second-order valence-electron chi connectivity index (χ2n) is 20.2. The molecule has 0 amide bonds. The number of nitrogens with zero attached hydrogens (tertiary/aromatic N) is 6. The second-order valence-corrected chi connectivity index (χ2v) is 27.2. The van der Waals surface area contributed by atoms with E-state index in [1.54, 1.807) is 47.6 Å². The van der Waals surface area contributed by atoms with Crippen molar-refractivity contribution in [1.82, 2.24) is 9.47 Å². The molecule has 2 N–H and O–H groups in total. The number of piperidine rings is 1. The van der Waals surface area contributed by atoms with Crippen LogP contribution in [0.25, 0.3) is 22.4 Å². The smallest absolute Gasteiger partial charge is 0.368 e. The summed E-state index contributed by atoms with van der Waals surface area (Å²) in [7, 11) is -12.1. The summed E-state index contributed by atoms with van der Waals surface area (Å²) in [5.41, 5.74) is 5.53. The number of nitro benzene ring substituents is 1. The molecule has 22 heteroatoms. The number of thioether (sulfide) groups is 1. The van der Waals surface area contributed by atoms with Crippen molar-refractivity contribution in [3.05, 3.63) is 147 Å². The normalized spacial score (nSPS) is 18.4. The number of aromatic nitrogens is 1. The van der Waals surface area contributed by atoms with Crippen LogP contribution in [0.4, 0.5) is 27.1 Å². The van der Waals surface area contributed by atoms with Crippen molar-refractivity contribution in [1.29, 1.82) is 0 Å². The molecule has 0 unspecified atom stereocenters. The Kier molecular flexibility index (Phi) is 17.5. The Morgan fingerprint density at radius 3 is 2.14 bits per heavy atom. The first-order chi connectivity index (χ1) is 36.6. The van der Waals surface area contributed by atoms with Gasteiger partial charge in [-0.15, -0.1) is 11.8 Å². The van der Waals surface area contributed by atoms with Crippen LogP contribution >= 0.6 is 38.7 Å². The number of rotatable bonds is 19. The van der Waals surface area contributed by atoms with Crippen LogP contribution in [0, 0.1) is 28.8 Å². The third kappa shape index (κ3) is 13.2. The number of anilines is 3. The van der Waals surface area contributed by atoms with Crippen molar-refractivity contribution < 1.29 is 45.7 Å². The highest BCUT2D eigenvalue weighted by molar-refractivity contribution is 7.99. The van der Waals surface area contributed by atoms with Crippen molar-refractivity contribution >= 4 is 76.6 Å². The van der Waals surface area contributed by atoms with Gasteiger partial charge in [0.1, 0.15) is 5.82 Å². The Balaban J connectivity index is 0.888. The van der Waals surface area contributed by atoms with Gasteiger partial charge in [-0.05, 0) is 143 Å². The Labute approximate surface area is 458 Å². The fourth-order valence-electron chi connectivity index (χ4n) is 11.0. The molecule has 5 aromatic carbocycles. The fraction of sp³-hybridized carbons (Fsp3) is 0.382. The highest BCUT2D eigenvalue weighted by atomic mass is 35.5. The number of benzene rings is 5. The van der Waals surface area contributed by atoms with E-state index in [9.17, 15) is 37.4 Å². The molecule has 3 fully saturated rings. The molecular weight excluding hydrogens is 1090 g/mol. The van der Waals surface area contributed by atoms with Gasteiger partial charge in [-0.3, -0.25) is 23.9 Å². The molecule has 6 aromatic rings. The van der Waals surface area contributed by atoms with Crippen LogP contribution in [0.3, 0.4) is 0 Å². The highest BCUT2D eigenvalue weighted by Crippen LogP contribution is 2.56. The molecule has 3 saturated heterocycles. The van der Waals surface area contributed by atoms with Crippen LogP contribution in [-0.2, 0) is 34.4 Å². The average molecular weight is 1150 g/mol. The molecule has 0 saturated carbocycles. The van der Waals surface area contributed by atoms with Crippen molar-refractivity contribution in [2.24, 2.45) is 5.92 Å². The molecule has 0 bridgehead atoms. The van der Waals surface area contributed by atoms with Gasteiger partial charge in [0.25, 0.3) is 5.69 Å². The number of nitro groups is 1. The van der Waals surface area contributed by atoms with Gasteiger partial charge in [-0.25, -0.2) is 17.4 Å². The molecule has 1 aromatic heterocycles. The summed E-state index contributed by atoms with van der Waals surface area (Å²) < 4.78 is 83.9. The molecule has 0 radical (unpaired) electrons. The minimum atomic E-state index is -4.57. The maximum atomic E-state index is 15.8. The van der Waals surface area contributed by atoms with Gasteiger partial charge in [0.05, 0.1) is 40.1 Å². The standard InChI is InChI=1S/C55H64ClFN6O10P2S2/c1-38(2)62-39(3)55(77(4,70)71)53(54(62)41-10-13-44(56)14-11-41)43-33-45(57)35-48(34-43)60-28-26-59(27-29-60)46-15-17-47(18-16-46)61-30-31-72-74(61,66)50-19-12-42(52(36-50)63(64)65)32-40(37-76-51-8-6-5-7-9-51)20-23-58-24-21-49(22-25-58)73-75(67,68)69/h5-19,33-36,38,40,49H,20-32,37H2,1-4H3,(H2,67,68,69)/t40-,74+/m0/s1. The Hall–Kier alpha value is -5.04. The number of hydrogen-bond acceptors (Lipinski definition) is 12. The molecular formula is C55H64ClFN6O10P2S2. The predicted octanol–water partition coefficient (Wildman–Crippen LogP) is 11.4. The van der Waals surface area contributed by atoms with Crippen molar-refractivity contribution in [3.63, 3.8) is 0 Å². The summed E-state index contributed by atoms with van der Waals surface area (Å²) in [6.07, 6.45) is 2.80. The number of sulfone groups is 1. The zero-order valence-electron chi connectivity index (χ0n) is 43.4. The maximum Gasteiger partial charge on any atom is 0.469 e. The van der Waals surface area contributed by atoms with Crippen LogP contribution in [0.2, 0.25) is 5.02 Å². The van der Waals surface area contributed by atoms with E-state index in [0.717, 1.165) is 22.6 Å². The Bertz CT molecular complexity index is 3300. The van der Waals surface area contributed by atoms with Gasteiger partial charge < -0.3 is 33.6 Å². The van der Waals surface area contributed by atoms with Gasteiger partial charge in [0.15, 0.2) is 9.84 Å². The summed E-state index contributed by atoms with van der Waals surface area (Å²) in [5.74, 6) is 0.248. The molecule has 3 aliphatic heterocycles. The topological polar surface area (TPSA) is 188 Å². The van der Waals surface area contributed by atoms with E-state index in [0.29, 0.717) is 122 Å². The summed E-state index contributed by atoms with van der Waals surface area (Å²) in [5, 5.41) is 13.6. The molecule has 77 heavy (non-hydrogen) atoms. The monoisotopic (exact) mass is 1150 g/mol. The first-order valence-corrected chi connectivity index (χ1v) is 32.1. The zero-order chi connectivity index (χ0) is 54.8. The van der Waals surface area contributed by atoms with Crippen LogP contribution < -0.4 is 19.8 Å². The lowest BCUT2D eigenvalue weighted by Gasteiger charge is -2.37. The van der Waals surface area contributed by atoms with E-state index in [4.69, 9.17) is 20.6 Å². The third-order valence-corrected chi connectivity index (χ3v) is 20.5. The number of phosphoric acid groups is 1. The van der Waals surface area contributed by atoms with Crippen LogP contribution in [-0.4, -0.2) is 110 Å². The summed E-state index contributed by atoms with van der Waals surface area (Å²) in [4.78, 5) is 38.7. The second kappa shape index (κ2) is 23.7. The quantitative estimate of drug-likeness (QED) is 0.0337. The number of likely N-dealkylation sites (tertiary alicyclic amines) is 1. The third-order valence-electron chi connectivity index (χ3n) is 14.6. The van der Waals surface area contributed by atoms with E-state index < -0.39 is 42.0 Å². The summed E-state index contributed by atoms with van der Waals surface area (Å²) in [6, 6.07) is 34.3. The molecule has 16 nitrogen and oxygen atoms in total. The van der Waals surface area contributed by atoms with Gasteiger partial charge in [0, 0.05) is 107 Å². The molecule has 0 aliphatic carbocycles. The lowest BCUT2D eigenvalue weighted by Crippen LogP contribution is -2.46. The van der Waals surface area contributed by atoms with Crippen LogP contribution in [0.1, 0.15) is 50.4 Å². The van der Waals surface area contributed by atoms with E-state index in [-0.39, 0.29) is 34.5 Å². The van der Waals surface area contributed by atoms with E-state index in [2.05, 4.69) is 14.7 Å². The molecule has 2 atom stereocenters. The van der Waals surface area contributed by atoms with Gasteiger partial charge in [-0.2, -0.15) is 0 Å². The minimum Gasteiger partial charge on any atom is -0.368 e. The first kappa shape index (κ1) is 56.7. The molecule has 410 valence electrons. The average Bonchev–Trinajstić information content (AvgIpc) is 4.15. The highest BCUT2D eigenvalue weighted by Gasteiger charge is 2.41. The van der Waals surface area contributed by atoms with Crippen molar-refractivity contribution in [2.75, 3.05) is 85.4 Å². The van der Waals surface area contributed by atoms with E-state index >= 15 is 4.39 Å². The Morgan fingerprint density at radius 2 is 1.52 bits per heavy atom. The number of hydrogen-bond donors (Lipinski definition) is 2. The summed E-state index contributed by atoms with van der Waals surface area (Å²) >= 11 is 7.96. The zero-order valence-corrected chi connectivity index (χ0v) is 47.6. The Morgan fingerprint density at radius 1 is 0.870 bits per heavy atom. The van der Waals surface area contributed by atoms with E-state index in [1.807, 2.05) is 91.2 Å². The van der Waals surface area contributed by atoms with Crippen LogP contribution in [0.5, 0.6) is 0 Å². The van der Waals surface area contributed by atoms with E-state index in [1.165, 1.54) is 24.5 Å². The fourth-order valence-corrected chi connectivity index (χ4v) is 16.2.